The Hall–Kier alpha value is 0.250. The van der Waals surface area contributed by atoms with Crippen LogP contribution in [0.25, 0.3) is 0 Å². The lowest BCUT2D eigenvalue weighted by Crippen LogP contribution is -2.01. The molecule has 0 aliphatic rings. The molecule has 5 heavy (non-hydrogen) atoms. The zero-order chi connectivity index (χ0) is 4.28. The van der Waals surface area contributed by atoms with Gasteiger partial charge in [0.05, 0.1) is 0 Å². The number of nitrogens with zero attached hydrogens (tertiary/aromatic N) is 1. The summed E-state index contributed by atoms with van der Waals surface area (Å²) in [5, 5.41) is 0. The molecule has 1 radical (unpaired) electrons. The molecule has 0 atom stereocenters. The van der Waals surface area contributed by atoms with Crippen LogP contribution in [0.2, 0.25) is 0 Å². The van der Waals surface area contributed by atoms with Gasteiger partial charge in [0.2, 0.25) is 0 Å². The fourth-order valence-electron chi connectivity index (χ4n) is 0. The average Bonchev–Trinajstić information content (AvgIpc) is 1.38. The molecule has 0 heterocycles. The highest BCUT2D eigenvalue weighted by Gasteiger charge is 1.75. The predicted molar refractivity (Wildman–Crippen MR) is 23.8 cm³/mol. The standard InChI is InChI=1S/C3H7ClN/c1-5(2)3-4/h3H,1-2H3. The van der Waals surface area contributed by atoms with Crippen LogP contribution in [0.5, 0.6) is 0 Å². The Bertz CT molecular complexity index is 20.9. The Morgan fingerprint density at radius 1 is 1.60 bits per heavy atom. The molecule has 1 nitrogen and oxygen atoms in total. The summed E-state index contributed by atoms with van der Waals surface area (Å²) in [5.41, 5.74) is 0. The third kappa shape index (κ3) is 4.25. The molecule has 0 saturated carbocycles. The second-order valence-corrected chi connectivity index (χ2v) is 1.26. The van der Waals surface area contributed by atoms with Crippen LogP contribution >= 0.6 is 11.6 Å². The lowest BCUT2D eigenvalue weighted by atomic mass is 11.0. The topological polar surface area (TPSA) is 3.24 Å². The van der Waals surface area contributed by atoms with Crippen molar-refractivity contribution in [3.05, 3.63) is 6.00 Å². The maximum atomic E-state index is 5.14. The van der Waals surface area contributed by atoms with E-state index in [0.29, 0.717) is 0 Å². The summed E-state index contributed by atoms with van der Waals surface area (Å²) < 4.78 is 0. The molecule has 0 aromatic carbocycles. The van der Waals surface area contributed by atoms with E-state index >= 15 is 0 Å². The van der Waals surface area contributed by atoms with Gasteiger partial charge in [-0.25, -0.2) is 0 Å². The van der Waals surface area contributed by atoms with Crippen molar-refractivity contribution in [2.75, 3.05) is 14.1 Å². The second kappa shape index (κ2) is 2.49. The third-order valence-electron chi connectivity index (χ3n) is 0.195. The van der Waals surface area contributed by atoms with Gasteiger partial charge >= 0.3 is 0 Å². The van der Waals surface area contributed by atoms with Crippen LogP contribution in [0.4, 0.5) is 0 Å². The van der Waals surface area contributed by atoms with Gasteiger partial charge in [-0.2, -0.15) is 0 Å². The number of rotatable bonds is 1. The summed E-state index contributed by atoms with van der Waals surface area (Å²) in [6.45, 7) is 0. The lowest BCUT2D eigenvalue weighted by Gasteiger charge is -1.96. The summed E-state index contributed by atoms with van der Waals surface area (Å²) >= 11 is 5.14. The highest BCUT2D eigenvalue weighted by Crippen LogP contribution is 1.83. The first-order valence-corrected chi connectivity index (χ1v) is 1.81. The van der Waals surface area contributed by atoms with E-state index in [0.717, 1.165) is 0 Å². The SMILES string of the molecule is CN(C)[CH]Cl. The first-order chi connectivity index (χ1) is 2.27. The third-order valence-corrected chi connectivity index (χ3v) is 0.586. The van der Waals surface area contributed by atoms with Crippen molar-refractivity contribution in [2.45, 2.75) is 0 Å². The lowest BCUT2D eigenvalue weighted by molar-refractivity contribution is 0.539. The maximum Gasteiger partial charge on any atom is 0.114 e. The van der Waals surface area contributed by atoms with Crippen molar-refractivity contribution in [3.63, 3.8) is 0 Å². The van der Waals surface area contributed by atoms with Gasteiger partial charge in [0.1, 0.15) is 6.00 Å². The van der Waals surface area contributed by atoms with Gasteiger partial charge in [0, 0.05) is 0 Å². The Labute approximate surface area is 37.5 Å². The van der Waals surface area contributed by atoms with Crippen LogP contribution < -0.4 is 0 Å². The smallest absolute Gasteiger partial charge is 0.114 e. The van der Waals surface area contributed by atoms with Crippen molar-refractivity contribution < 1.29 is 0 Å². The van der Waals surface area contributed by atoms with Crippen molar-refractivity contribution >= 4 is 11.6 Å². The van der Waals surface area contributed by atoms with E-state index in [-0.39, 0.29) is 0 Å². The summed E-state index contributed by atoms with van der Waals surface area (Å²) in [5.74, 6) is 0. The van der Waals surface area contributed by atoms with E-state index in [1.54, 1.807) is 4.90 Å². The molecular weight excluding hydrogens is 85.5 g/mol. The zero-order valence-corrected chi connectivity index (χ0v) is 4.16. The van der Waals surface area contributed by atoms with Crippen molar-refractivity contribution in [1.29, 1.82) is 0 Å². The Balaban J connectivity index is 2.54. The van der Waals surface area contributed by atoms with Crippen LogP contribution in [-0.4, -0.2) is 19.0 Å². The van der Waals surface area contributed by atoms with Crippen LogP contribution in [-0.2, 0) is 0 Å². The number of hydrogen-bond donors (Lipinski definition) is 0. The van der Waals surface area contributed by atoms with Crippen molar-refractivity contribution in [1.82, 2.24) is 4.90 Å². The molecule has 31 valence electrons. The molecule has 2 heteroatoms. The van der Waals surface area contributed by atoms with Crippen LogP contribution in [0.15, 0.2) is 0 Å². The summed E-state index contributed by atoms with van der Waals surface area (Å²) in [7, 11) is 3.74. The second-order valence-electron chi connectivity index (χ2n) is 1.06. The molecule has 0 bridgehead atoms. The molecule has 0 rings (SSSR count). The Morgan fingerprint density at radius 2 is 1.80 bits per heavy atom. The molecule has 0 amide bonds. The average molecular weight is 92.5 g/mol. The molecule has 0 unspecified atom stereocenters. The largest absolute Gasteiger partial charge is 0.291 e. The summed E-state index contributed by atoms with van der Waals surface area (Å²) in [6.07, 6.45) is 0. The van der Waals surface area contributed by atoms with Gasteiger partial charge in [-0.3, -0.25) is 4.90 Å². The highest BCUT2D eigenvalue weighted by atomic mass is 35.5. The van der Waals surface area contributed by atoms with Gasteiger partial charge in [-0.15, -0.1) is 11.6 Å². The molecule has 0 aromatic rings. The predicted octanol–water partition coefficient (Wildman–Crippen LogP) is 0.906. The Morgan fingerprint density at radius 3 is 1.80 bits per heavy atom. The van der Waals surface area contributed by atoms with E-state index in [1.165, 1.54) is 6.00 Å². The quantitative estimate of drug-likeness (QED) is 0.435. The van der Waals surface area contributed by atoms with Crippen molar-refractivity contribution in [2.24, 2.45) is 0 Å². The van der Waals surface area contributed by atoms with Gasteiger partial charge < -0.3 is 0 Å². The summed E-state index contributed by atoms with van der Waals surface area (Å²) in [6, 6.07) is 1.47. The highest BCUT2D eigenvalue weighted by molar-refractivity contribution is 6.22. The maximum absolute atomic E-state index is 5.14. The van der Waals surface area contributed by atoms with Gasteiger partial charge in [-0.1, -0.05) is 0 Å². The molecule has 0 saturated heterocycles. The van der Waals surface area contributed by atoms with Crippen molar-refractivity contribution in [3.8, 4) is 0 Å². The molecule has 0 aliphatic carbocycles. The van der Waals surface area contributed by atoms with Gasteiger partial charge in [-0.05, 0) is 14.1 Å². The van der Waals surface area contributed by atoms with E-state index < -0.39 is 0 Å². The molecule has 0 spiro atoms. The fourth-order valence-corrected chi connectivity index (χ4v) is 0. The van der Waals surface area contributed by atoms with Crippen LogP contribution in [0.3, 0.4) is 0 Å². The first-order valence-electron chi connectivity index (χ1n) is 1.37. The molecule has 0 fully saturated rings. The normalized spacial score (nSPS) is 9.60. The van der Waals surface area contributed by atoms with E-state index in [2.05, 4.69) is 0 Å². The first kappa shape index (κ1) is 5.25. The van der Waals surface area contributed by atoms with E-state index in [9.17, 15) is 0 Å². The van der Waals surface area contributed by atoms with Crippen LogP contribution in [0.1, 0.15) is 0 Å². The van der Waals surface area contributed by atoms with E-state index in [1.807, 2.05) is 14.1 Å². The molecule has 0 aromatic heterocycles. The zero-order valence-electron chi connectivity index (χ0n) is 3.40. The summed E-state index contributed by atoms with van der Waals surface area (Å²) in [4.78, 5) is 1.77. The fraction of sp³-hybridized carbons (Fsp3) is 0.667. The van der Waals surface area contributed by atoms with Gasteiger partial charge in [0.15, 0.2) is 0 Å². The molecule has 0 aliphatic heterocycles. The van der Waals surface area contributed by atoms with Gasteiger partial charge in [0.25, 0.3) is 0 Å². The number of halogens is 1. The number of hydrogen-bond acceptors (Lipinski definition) is 1. The minimum absolute atomic E-state index is 1.47. The van der Waals surface area contributed by atoms with E-state index in [4.69, 9.17) is 11.6 Å². The minimum Gasteiger partial charge on any atom is -0.291 e. The minimum atomic E-state index is 1.47. The van der Waals surface area contributed by atoms with Crippen LogP contribution in [0, 0.1) is 6.00 Å². The monoisotopic (exact) mass is 92.0 g/mol. The molecule has 0 N–H and O–H groups in total. The Kier molecular flexibility index (Phi) is 2.61. The molecular formula is C3H7ClN.